The van der Waals surface area contributed by atoms with E-state index in [2.05, 4.69) is 5.32 Å². The van der Waals surface area contributed by atoms with E-state index in [0.29, 0.717) is 18.4 Å². The van der Waals surface area contributed by atoms with Crippen LogP contribution in [0.3, 0.4) is 0 Å². The second kappa shape index (κ2) is 6.05. The van der Waals surface area contributed by atoms with Gasteiger partial charge in [0.25, 0.3) is 0 Å². The molecular formula is C14H18N2O5S. The Morgan fingerprint density at radius 2 is 2.05 bits per heavy atom. The Balaban J connectivity index is 2.48. The SMILES string of the molecule is CNC(=O)[C@@H]1CCCN1S(=O)(=O)c1cc(C(=O)O)ccc1C. The quantitative estimate of drug-likeness (QED) is 0.843. The third-order valence-electron chi connectivity index (χ3n) is 3.77. The number of rotatable bonds is 4. The zero-order valence-corrected chi connectivity index (χ0v) is 13.2. The summed E-state index contributed by atoms with van der Waals surface area (Å²) in [7, 11) is -2.46. The molecule has 0 aromatic heterocycles. The summed E-state index contributed by atoms with van der Waals surface area (Å²) in [6.07, 6.45) is 1.05. The third kappa shape index (κ3) is 2.84. The highest BCUT2D eigenvalue weighted by molar-refractivity contribution is 7.89. The molecule has 7 nitrogen and oxygen atoms in total. The first-order valence-corrected chi connectivity index (χ1v) is 8.30. The number of sulfonamides is 1. The van der Waals surface area contributed by atoms with Crippen LogP contribution in [0.5, 0.6) is 0 Å². The van der Waals surface area contributed by atoms with Crippen LogP contribution < -0.4 is 5.32 Å². The van der Waals surface area contributed by atoms with E-state index >= 15 is 0 Å². The molecule has 0 spiro atoms. The highest BCUT2D eigenvalue weighted by Gasteiger charge is 2.39. The number of carboxylic acid groups (broad SMARTS) is 1. The van der Waals surface area contributed by atoms with Gasteiger partial charge in [0.05, 0.1) is 10.5 Å². The van der Waals surface area contributed by atoms with Gasteiger partial charge in [0.1, 0.15) is 6.04 Å². The lowest BCUT2D eigenvalue weighted by atomic mass is 10.1. The van der Waals surface area contributed by atoms with E-state index in [9.17, 15) is 18.0 Å². The number of benzene rings is 1. The molecule has 0 unspecified atom stereocenters. The number of carbonyl (C=O) groups excluding carboxylic acids is 1. The van der Waals surface area contributed by atoms with Gasteiger partial charge in [-0.1, -0.05) is 6.07 Å². The lowest BCUT2D eigenvalue weighted by Crippen LogP contribution is -2.45. The number of carboxylic acids is 1. The average molecular weight is 326 g/mol. The summed E-state index contributed by atoms with van der Waals surface area (Å²) in [4.78, 5) is 22.8. The number of likely N-dealkylation sites (N-methyl/N-ethyl adjacent to an activating group) is 1. The molecule has 0 bridgehead atoms. The Bertz CT molecular complexity index is 714. The molecule has 2 N–H and O–H groups in total. The Morgan fingerprint density at radius 1 is 1.36 bits per heavy atom. The van der Waals surface area contributed by atoms with Crippen LogP contribution in [-0.4, -0.2) is 49.3 Å². The Hall–Kier alpha value is -1.93. The molecule has 1 amide bonds. The van der Waals surface area contributed by atoms with Crippen LogP contribution in [0.2, 0.25) is 0 Å². The van der Waals surface area contributed by atoms with Crippen molar-refractivity contribution in [3.05, 3.63) is 29.3 Å². The van der Waals surface area contributed by atoms with Crippen molar-refractivity contribution >= 4 is 21.9 Å². The van der Waals surface area contributed by atoms with Gasteiger partial charge in [0.2, 0.25) is 15.9 Å². The molecule has 1 aliphatic rings. The summed E-state index contributed by atoms with van der Waals surface area (Å²) in [6, 6.07) is 3.22. The van der Waals surface area contributed by atoms with Gasteiger partial charge >= 0.3 is 5.97 Å². The van der Waals surface area contributed by atoms with Crippen LogP contribution in [0.15, 0.2) is 23.1 Å². The number of hydrogen-bond donors (Lipinski definition) is 2. The van der Waals surface area contributed by atoms with Crippen molar-refractivity contribution in [3.8, 4) is 0 Å². The van der Waals surface area contributed by atoms with Gasteiger partial charge in [-0.15, -0.1) is 0 Å². The second-order valence-corrected chi connectivity index (χ2v) is 7.03. The Morgan fingerprint density at radius 3 is 2.64 bits per heavy atom. The van der Waals surface area contributed by atoms with Crippen molar-refractivity contribution in [2.45, 2.75) is 30.7 Å². The zero-order valence-electron chi connectivity index (χ0n) is 12.4. The van der Waals surface area contributed by atoms with Crippen molar-refractivity contribution in [2.24, 2.45) is 0 Å². The molecule has 1 heterocycles. The number of amides is 1. The standard InChI is InChI=1S/C14H18N2O5S/c1-9-5-6-10(14(18)19)8-12(9)22(20,21)16-7-3-4-11(16)13(17)15-2/h5-6,8,11H,3-4,7H2,1-2H3,(H,15,17)(H,18,19)/t11-/m0/s1. The zero-order chi connectivity index (χ0) is 16.5. The fourth-order valence-electron chi connectivity index (χ4n) is 2.59. The lowest BCUT2D eigenvalue weighted by Gasteiger charge is -2.23. The normalized spacial score (nSPS) is 19.1. The van der Waals surface area contributed by atoms with Gasteiger partial charge in [0.15, 0.2) is 0 Å². The number of nitrogens with one attached hydrogen (secondary N) is 1. The van der Waals surface area contributed by atoms with E-state index < -0.39 is 22.0 Å². The van der Waals surface area contributed by atoms with Crippen molar-refractivity contribution in [2.75, 3.05) is 13.6 Å². The van der Waals surface area contributed by atoms with Crippen molar-refractivity contribution in [1.82, 2.24) is 9.62 Å². The topological polar surface area (TPSA) is 104 Å². The molecular weight excluding hydrogens is 308 g/mol. The van der Waals surface area contributed by atoms with Gasteiger partial charge < -0.3 is 10.4 Å². The molecule has 120 valence electrons. The third-order valence-corrected chi connectivity index (χ3v) is 5.82. The summed E-state index contributed by atoms with van der Waals surface area (Å²) < 4.78 is 26.8. The molecule has 1 atom stereocenters. The molecule has 22 heavy (non-hydrogen) atoms. The second-order valence-electron chi connectivity index (χ2n) is 5.17. The fourth-order valence-corrected chi connectivity index (χ4v) is 4.50. The smallest absolute Gasteiger partial charge is 0.335 e. The van der Waals surface area contributed by atoms with Gasteiger partial charge in [-0.2, -0.15) is 4.31 Å². The molecule has 1 saturated heterocycles. The molecule has 0 saturated carbocycles. The van der Waals surface area contributed by atoms with Crippen LogP contribution in [-0.2, 0) is 14.8 Å². The molecule has 0 aliphatic carbocycles. The highest BCUT2D eigenvalue weighted by Crippen LogP contribution is 2.28. The summed E-state index contributed by atoms with van der Waals surface area (Å²) in [5.74, 6) is -1.55. The fraction of sp³-hybridized carbons (Fsp3) is 0.429. The summed E-state index contributed by atoms with van der Waals surface area (Å²) in [5.41, 5.74) is 0.354. The number of carbonyl (C=O) groups is 2. The van der Waals surface area contributed by atoms with E-state index in [1.807, 2.05) is 0 Å². The van der Waals surface area contributed by atoms with Gasteiger partial charge in [-0.25, -0.2) is 13.2 Å². The minimum absolute atomic E-state index is 0.0665. The maximum Gasteiger partial charge on any atom is 0.335 e. The summed E-state index contributed by atoms with van der Waals surface area (Å²) in [5, 5.41) is 11.5. The molecule has 8 heteroatoms. The van der Waals surface area contributed by atoms with Crippen molar-refractivity contribution in [1.29, 1.82) is 0 Å². The first kappa shape index (κ1) is 16.4. The number of aryl methyl sites for hydroxylation is 1. The summed E-state index contributed by atoms with van der Waals surface area (Å²) in [6.45, 7) is 1.85. The Labute approximate surface area is 129 Å². The molecule has 1 aliphatic heterocycles. The van der Waals surface area contributed by atoms with E-state index in [-0.39, 0.29) is 22.9 Å². The average Bonchev–Trinajstić information content (AvgIpc) is 2.96. The maximum atomic E-state index is 12.8. The highest BCUT2D eigenvalue weighted by atomic mass is 32.2. The van der Waals surface area contributed by atoms with Crippen molar-refractivity contribution in [3.63, 3.8) is 0 Å². The summed E-state index contributed by atoms with van der Waals surface area (Å²) >= 11 is 0. The van der Waals surface area contributed by atoms with Crippen LogP contribution in [0, 0.1) is 6.92 Å². The predicted molar refractivity (Wildman–Crippen MR) is 79.1 cm³/mol. The number of hydrogen-bond acceptors (Lipinski definition) is 4. The van der Waals surface area contributed by atoms with Crippen LogP contribution in [0.25, 0.3) is 0 Å². The van der Waals surface area contributed by atoms with E-state index in [0.717, 1.165) is 10.4 Å². The van der Waals surface area contributed by atoms with Crippen LogP contribution in [0.4, 0.5) is 0 Å². The molecule has 1 fully saturated rings. The predicted octanol–water partition coefficient (Wildman–Crippen LogP) is 0.592. The number of nitrogens with zero attached hydrogens (tertiary/aromatic N) is 1. The molecule has 2 rings (SSSR count). The molecule has 1 aromatic rings. The Kier molecular flexibility index (Phi) is 4.52. The largest absolute Gasteiger partial charge is 0.478 e. The van der Waals surface area contributed by atoms with Gasteiger partial charge in [-0.3, -0.25) is 4.79 Å². The number of aromatic carboxylic acids is 1. The van der Waals surface area contributed by atoms with E-state index in [1.165, 1.54) is 19.2 Å². The monoisotopic (exact) mass is 326 g/mol. The van der Waals surface area contributed by atoms with Crippen LogP contribution in [0.1, 0.15) is 28.8 Å². The van der Waals surface area contributed by atoms with E-state index in [1.54, 1.807) is 6.92 Å². The molecule has 1 aromatic carbocycles. The van der Waals surface area contributed by atoms with Crippen LogP contribution >= 0.6 is 0 Å². The minimum Gasteiger partial charge on any atom is -0.478 e. The van der Waals surface area contributed by atoms with Crippen molar-refractivity contribution < 1.29 is 23.1 Å². The first-order valence-electron chi connectivity index (χ1n) is 6.86. The van der Waals surface area contributed by atoms with E-state index in [4.69, 9.17) is 5.11 Å². The first-order chi connectivity index (χ1) is 10.3. The molecule has 0 radical (unpaired) electrons. The van der Waals surface area contributed by atoms with Gasteiger partial charge in [-0.05, 0) is 37.5 Å². The minimum atomic E-state index is -3.92. The maximum absolute atomic E-state index is 12.8. The van der Waals surface area contributed by atoms with Gasteiger partial charge in [0, 0.05) is 13.6 Å². The lowest BCUT2D eigenvalue weighted by molar-refractivity contribution is -0.123.